The van der Waals surface area contributed by atoms with Crippen LogP contribution < -0.4 is 5.32 Å². The molecule has 0 aliphatic heterocycles. The first-order valence-electron chi connectivity index (χ1n) is 5.16. The first kappa shape index (κ1) is 10.1. The molecule has 1 saturated carbocycles. The van der Waals surface area contributed by atoms with Crippen molar-refractivity contribution >= 4 is 11.9 Å². The topological polar surface area (TPSA) is 62.5 Å². The average Bonchev–Trinajstić information content (AvgIpc) is 2.49. The molecule has 4 nitrogen and oxygen atoms in total. The van der Waals surface area contributed by atoms with Crippen molar-refractivity contribution in [2.45, 2.75) is 26.2 Å². The smallest absolute Gasteiger partial charge is 0.311 e. The van der Waals surface area contributed by atoms with E-state index in [1.54, 1.807) is 0 Å². The van der Waals surface area contributed by atoms with Gasteiger partial charge in [0.1, 0.15) is 5.76 Å². The van der Waals surface area contributed by atoms with Crippen molar-refractivity contribution in [3.8, 4) is 0 Å². The molecule has 0 unspecified atom stereocenters. The normalized spacial score (nSPS) is 18.2. The summed E-state index contributed by atoms with van der Waals surface area (Å²) in [5.74, 6) is 0.778. The Hall–Kier alpha value is -1.45. The molecule has 1 aromatic heterocycles. The fourth-order valence-corrected chi connectivity index (χ4v) is 1.86. The number of anilines is 1. The first-order valence-corrected chi connectivity index (χ1v) is 5.16. The van der Waals surface area contributed by atoms with Crippen LogP contribution in [0.2, 0.25) is 0 Å². The van der Waals surface area contributed by atoms with Gasteiger partial charge in [0.15, 0.2) is 5.88 Å². The Kier molecular flexibility index (Phi) is 2.42. The molecule has 0 atom stereocenters. The van der Waals surface area contributed by atoms with E-state index in [4.69, 9.17) is 9.52 Å². The van der Waals surface area contributed by atoms with E-state index in [1.807, 2.05) is 19.1 Å². The van der Waals surface area contributed by atoms with Gasteiger partial charge in [0.05, 0.1) is 5.41 Å². The van der Waals surface area contributed by atoms with Crippen molar-refractivity contribution in [1.82, 2.24) is 0 Å². The minimum absolute atomic E-state index is 0.454. The van der Waals surface area contributed by atoms with E-state index in [0.29, 0.717) is 12.4 Å². The van der Waals surface area contributed by atoms with Gasteiger partial charge in [-0.2, -0.15) is 0 Å². The van der Waals surface area contributed by atoms with Crippen LogP contribution in [-0.2, 0) is 4.79 Å². The molecule has 2 rings (SSSR count). The zero-order chi connectivity index (χ0) is 10.9. The summed E-state index contributed by atoms with van der Waals surface area (Å²) < 4.78 is 5.32. The Labute approximate surface area is 88.3 Å². The molecule has 0 bridgehead atoms. The Morgan fingerprint density at radius 1 is 1.60 bits per heavy atom. The number of nitrogens with one attached hydrogen (secondary N) is 1. The van der Waals surface area contributed by atoms with Crippen molar-refractivity contribution < 1.29 is 14.3 Å². The lowest BCUT2D eigenvalue weighted by molar-refractivity contribution is -0.153. The standard InChI is InChI=1S/C11H15NO3/c1-8-3-4-9(15-8)12-7-11(10(13)14)5-2-6-11/h3-4,12H,2,5-7H2,1H3,(H,13,14). The van der Waals surface area contributed by atoms with Crippen LogP contribution >= 0.6 is 0 Å². The molecular formula is C11H15NO3. The average molecular weight is 209 g/mol. The van der Waals surface area contributed by atoms with E-state index in [2.05, 4.69) is 5.32 Å². The predicted molar refractivity (Wildman–Crippen MR) is 55.9 cm³/mol. The van der Waals surface area contributed by atoms with E-state index in [9.17, 15) is 4.79 Å². The summed E-state index contributed by atoms with van der Waals surface area (Å²) in [5, 5.41) is 12.1. The van der Waals surface area contributed by atoms with Gasteiger partial charge in [-0.15, -0.1) is 0 Å². The molecule has 1 aromatic rings. The summed E-state index contributed by atoms with van der Waals surface area (Å²) >= 11 is 0. The van der Waals surface area contributed by atoms with Crippen molar-refractivity contribution in [2.75, 3.05) is 11.9 Å². The number of aliphatic carboxylic acids is 1. The van der Waals surface area contributed by atoms with Crippen LogP contribution in [-0.4, -0.2) is 17.6 Å². The van der Waals surface area contributed by atoms with Crippen LogP contribution in [0.4, 0.5) is 5.88 Å². The number of hydrogen-bond donors (Lipinski definition) is 2. The van der Waals surface area contributed by atoms with Crippen molar-refractivity contribution in [2.24, 2.45) is 5.41 Å². The lowest BCUT2D eigenvalue weighted by atomic mass is 9.69. The van der Waals surface area contributed by atoms with Gasteiger partial charge in [0.2, 0.25) is 0 Å². The van der Waals surface area contributed by atoms with Crippen molar-refractivity contribution in [3.63, 3.8) is 0 Å². The number of carboxylic acids is 1. The summed E-state index contributed by atoms with van der Waals surface area (Å²) in [4.78, 5) is 11.1. The van der Waals surface area contributed by atoms with Crippen LogP contribution in [0.3, 0.4) is 0 Å². The Morgan fingerprint density at radius 2 is 2.33 bits per heavy atom. The molecule has 4 heteroatoms. The maximum Gasteiger partial charge on any atom is 0.311 e. The second-order valence-electron chi connectivity index (χ2n) is 4.20. The highest BCUT2D eigenvalue weighted by Crippen LogP contribution is 2.41. The molecule has 0 radical (unpaired) electrons. The lowest BCUT2D eigenvalue weighted by Crippen LogP contribution is -2.43. The number of rotatable bonds is 4. The van der Waals surface area contributed by atoms with E-state index in [1.165, 1.54) is 0 Å². The van der Waals surface area contributed by atoms with Crippen LogP contribution in [0.25, 0.3) is 0 Å². The molecule has 82 valence electrons. The quantitative estimate of drug-likeness (QED) is 0.798. The summed E-state index contributed by atoms with van der Waals surface area (Å²) in [7, 11) is 0. The summed E-state index contributed by atoms with van der Waals surface area (Å²) in [6.45, 7) is 2.32. The highest BCUT2D eigenvalue weighted by molar-refractivity contribution is 5.76. The van der Waals surface area contributed by atoms with E-state index < -0.39 is 11.4 Å². The fourth-order valence-electron chi connectivity index (χ4n) is 1.86. The number of carbonyl (C=O) groups is 1. The van der Waals surface area contributed by atoms with Gasteiger partial charge in [-0.25, -0.2) is 0 Å². The third kappa shape index (κ3) is 1.84. The third-order valence-electron chi connectivity index (χ3n) is 3.11. The predicted octanol–water partition coefficient (Wildman–Crippen LogP) is 2.25. The van der Waals surface area contributed by atoms with Crippen molar-refractivity contribution in [1.29, 1.82) is 0 Å². The van der Waals surface area contributed by atoms with Crippen LogP contribution in [0, 0.1) is 12.3 Å². The molecule has 2 N–H and O–H groups in total. The molecule has 15 heavy (non-hydrogen) atoms. The monoisotopic (exact) mass is 209 g/mol. The number of aryl methyl sites for hydroxylation is 1. The molecule has 1 fully saturated rings. The molecule has 0 amide bonds. The summed E-state index contributed by atoms with van der Waals surface area (Å²) in [6.07, 6.45) is 2.52. The van der Waals surface area contributed by atoms with Gasteiger partial charge in [-0.1, -0.05) is 6.42 Å². The van der Waals surface area contributed by atoms with Crippen LogP contribution in [0.1, 0.15) is 25.0 Å². The fraction of sp³-hybridized carbons (Fsp3) is 0.545. The Balaban J connectivity index is 1.95. The molecule has 1 aliphatic rings. The zero-order valence-electron chi connectivity index (χ0n) is 8.75. The van der Waals surface area contributed by atoms with Gasteiger partial charge in [0, 0.05) is 12.6 Å². The second kappa shape index (κ2) is 3.61. The summed E-state index contributed by atoms with van der Waals surface area (Å²) in [5.41, 5.74) is -0.569. The van der Waals surface area contributed by atoms with Crippen LogP contribution in [0.15, 0.2) is 16.5 Å². The second-order valence-corrected chi connectivity index (χ2v) is 4.20. The SMILES string of the molecule is Cc1ccc(NCC2(C(=O)O)CCC2)o1. The van der Waals surface area contributed by atoms with Gasteiger partial charge in [-0.05, 0) is 25.8 Å². The van der Waals surface area contributed by atoms with Crippen LogP contribution in [0.5, 0.6) is 0 Å². The van der Waals surface area contributed by atoms with Gasteiger partial charge in [0.25, 0.3) is 0 Å². The van der Waals surface area contributed by atoms with Crippen molar-refractivity contribution in [3.05, 3.63) is 17.9 Å². The van der Waals surface area contributed by atoms with Gasteiger partial charge < -0.3 is 14.8 Å². The lowest BCUT2D eigenvalue weighted by Gasteiger charge is -2.37. The van der Waals surface area contributed by atoms with E-state index in [-0.39, 0.29) is 0 Å². The highest BCUT2D eigenvalue weighted by atomic mass is 16.4. The Morgan fingerprint density at radius 3 is 2.73 bits per heavy atom. The number of hydrogen-bond acceptors (Lipinski definition) is 3. The molecular weight excluding hydrogens is 194 g/mol. The number of furan rings is 1. The molecule has 1 aliphatic carbocycles. The minimum atomic E-state index is -0.704. The zero-order valence-corrected chi connectivity index (χ0v) is 8.75. The summed E-state index contributed by atoms with van der Waals surface area (Å²) in [6, 6.07) is 3.68. The molecule has 0 spiro atoms. The van der Waals surface area contributed by atoms with Gasteiger partial charge in [-0.3, -0.25) is 4.79 Å². The molecule has 0 aromatic carbocycles. The minimum Gasteiger partial charge on any atom is -0.481 e. The largest absolute Gasteiger partial charge is 0.481 e. The Bertz CT molecular complexity index is 366. The van der Waals surface area contributed by atoms with Gasteiger partial charge >= 0.3 is 5.97 Å². The first-order chi connectivity index (χ1) is 7.12. The highest BCUT2D eigenvalue weighted by Gasteiger charge is 2.44. The molecule has 0 saturated heterocycles. The number of carboxylic acid groups (broad SMARTS) is 1. The van der Waals surface area contributed by atoms with E-state index >= 15 is 0 Å². The molecule has 1 heterocycles. The maximum absolute atomic E-state index is 11.1. The maximum atomic E-state index is 11.1. The van der Waals surface area contributed by atoms with E-state index in [0.717, 1.165) is 25.0 Å². The third-order valence-corrected chi connectivity index (χ3v) is 3.11.